The molecule has 0 saturated heterocycles. The minimum absolute atomic E-state index is 0.107. The molecule has 1 heterocycles. The van der Waals surface area contributed by atoms with Gasteiger partial charge in [-0.2, -0.15) is 5.10 Å². The molecule has 4 nitrogen and oxygen atoms in total. The van der Waals surface area contributed by atoms with Gasteiger partial charge in [-0.1, -0.05) is 13.8 Å². The van der Waals surface area contributed by atoms with Crippen molar-refractivity contribution in [3.8, 4) is 0 Å². The molecule has 0 unspecified atom stereocenters. The highest BCUT2D eigenvalue weighted by Crippen LogP contribution is 2.69. The predicted octanol–water partition coefficient (Wildman–Crippen LogP) is 3.52. The molecule has 4 fully saturated rings. The van der Waals surface area contributed by atoms with Gasteiger partial charge in [0, 0.05) is 24.8 Å². The van der Waals surface area contributed by atoms with E-state index in [9.17, 15) is 4.79 Å². The lowest BCUT2D eigenvalue weighted by atomic mass is 9.40. The zero-order valence-corrected chi connectivity index (χ0v) is 14.7. The third-order valence-electron chi connectivity index (χ3n) is 6.57. The second-order valence-corrected chi connectivity index (χ2v) is 9.30. The van der Waals surface area contributed by atoms with Gasteiger partial charge in [0.05, 0.1) is 11.6 Å². The van der Waals surface area contributed by atoms with Crippen LogP contribution in [0.1, 0.15) is 64.9 Å². The second kappa shape index (κ2) is 4.84. The van der Waals surface area contributed by atoms with Crippen molar-refractivity contribution in [1.82, 2.24) is 15.1 Å². The quantitative estimate of drug-likeness (QED) is 0.924. The lowest BCUT2D eigenvalue weighted by Gasteiger charge is -2.64. The van der Waals surface area contributed by atoms with E-state index in [2.05, 4.69) is 31.2 Å². The zero-order valence-electron chi connectivity index (χ0n) is 14.7. The molecule has 0 aliphatic heterocycles. The van der Waals surface area contributed by atoms with Crippen molar-refractivity contribution in [3.05, 3.63) is 18.0 Å². The molecule has 5 rings (SSSR count). The Kier molecular flexibility index (Phi) is 3.20. The third-order valence-corrected chi connectivity index (χ3v) is 6.57. The number of nitrogens with one attached hydrogen (secondary N) is 1. The molecule has 126 valence electrons. The van der Waals surface area contributed by atoms with Crippen LogP contribution >= 0.6 is 0 Å². The molecule has 1 amide bonds. The van der Waals surface area contributed by atoms with Crippen LogP contribution in [0.2, 0.25) is 0 Å². The van der Waals surface area contributed by atoms with Crippen LogP contribution in [-0.2, 0) is 17.9 Å². The zero-order chi connectivity index (χ0) is 16.3. The Morgan fingerprint density at radius 3 is 2.52 bits per heavy atom. The maximum Gasteiger partial charge on any atom is 0.226 e. The van der Waals surface area contributed by atoms with Crippen molar-refractivity contribution >= 4 is 5.91 Å². The Labute approximate surface area is 139 Å². The minimum Gasteiger partial charge on any atom is -0.351 e. The first kappa shape index (κ1) is 15.2. The van der Waals surface area contributed by atoms with E-state index in [0.29, 0.717) is 23.3 Å². The topological polar surface area (TPSA) is 46.9 Å². The fourth-order valence-electron chi connectivity index (χ4n) is 6.74. The predicted molar refractivity (Wildman–Crippen MR) is 89.6 cm³/mol. The largest absolute Gasteiger partial charge is 0.351 e. The van der Waals surface area contributed by atoms with Crippen LogP contribution in [0.5, 0.6) is 0 Å². The van der Waals surface area contributed by atoms with E-state index in [-0.39, 0.29) is 5.41 Å². The Balaban J connectivity index is 1.49. The molecular weight excluding hydrogens is 286 g/mol. The molecule has 4 aliphatic carbocycles. The fraction of sp³-hybridized carbons (Fsp3) is 0.789. The van der Waals surface area contributed by atoms with Crippen LogP contribution < -0.4 is 5.32 Å². The first-order chi connectivity index (χ1) is 10.8. The maximum atomic E-state index is 13.1. The van der Waals surface area contributed by atoms with Gasteiger partial charge < -0.3 is 5.32 Å². The van der Waals surface area contributed by atoms with Crippen molar-refractivity contribution in [1.29, 1.82) is 0 Å². The van der Waals surface area contributed by atoms with Gasteiger partial charge in [0.15, 0.2) is 0 Å². The Bertz CT molecular complexity index is 616. The molecule has 1 aromatic rings. The van der Waals surface area contributed by atoms with Crippen LogP contribution in [0.4, 0.5) is 0 Å². The van der Waals surface area contributed by atoms with E-state index in [0.717, 1.165) is 37.3 Å². The highest BCUT2D eigenvalue weighted by Gasteiger charge is 2.62. The smallest absolute Gasteiger partial charge is 0.226 e. The summed E-state index contributed by atoms with van der Waals surface area (Å²) in [5, 5.41) is 7.53. The molecular formula is C19H29N3O. The number of aryl methyl sites for hydroxylation is 1. The Hall–Kier alpha value is -1.32. The summed E-state index contributed by atoms with van der Waals surface area (Å²) in [4.78, 5) is 13.1. The van der Waals surface area contributed by atoms with Crippen molar-refractivity contribution in [3.63, 3.8) is 0 Å². The Morgan fingerprint density at radius 1 is 1.26 bits per heavy atom. The average molecular weight is 315 g/mol. The summed E-state index contributed by atoms with van der Waals surface area (Å²) in [7, 11) is 0. The summed E-state index contributed by atoms with van der Waals surface area (Å²) >= 11 is 0. The van der Waals surface area contributed by atoms with Gasteiger partial charge in [0.1, 0.15) is 0 Å². The number of rotatable bonds is 4. The van der Waals surface area contributed by atoms with E-state index in [1.807, 2.05) is 17.1 Å². The van der Waals surface area contributed by atoms with Crippen LogP contribution in [0.25, 0.3) is 0 Å². The van der Waals surface area contributed by atoms with Crippen LogP contribution in [0.15, 0.2) is 12.4 Å². The maximum absolute atomic E-state index is 13.1. The van der Waals surface area contributed by atoms with Crippen LogP contribution in [-0.4, -0.2) is 15.7 Å². The molecule has 1 N–H and O–H groups in total. The molecule has 0 spiro atoms. The van der Waals surface area contributed by atoms with Gasteiger partial charge in [-0.3, -0.25) is 9.48 Å². The number of carbonyl (C=O) groups is 1. The number of carbonyl (C=O) groups excluding carboxylic acids is 1. The van der Waals surface area contributed by atoms with Gasteiger partial charge in [-0.15, -0.1) is 0 Å². The van der Waals surface area contributed by atoms with E-state index in [1.54, 1.807) is 0 Å². The summed E-state index contributed by atoms with van der Waals surface area (Å²) in [5.41, 5.74) is 1.77. The normalized spacial score (nSPS) is 41.3. The van der Waals surface area contributed by atoms with E-state index >= 15 is 0 Å². The van der Waals surface area contributed by atoms with Gasteiger partial charge in [-0.25, -0.2) is 0 Å². The van der Waals surface area contributed by atoms with E-state index in [4.69, 9.17) is 0 Å². The number of hydrogen-bond acceptors (Lipinski definition) is 2. The van der Waals surface area contributed by atoms with E-state index < -0.39 is 0 Å². The third kappa shape index (κ3) is 2.50. The molecule has 2 atom stereocenters. The first-order valence-electron chi connectivity index (χ1n) is 9.14. The summed E-state index contributed by atoms with van der Waals surface area (Å²) in [6, 6.07) is 0. The minimum atomic E-state index is -0.107. The van der Waals surface area contributed by atoms with E-state index in [1.165, 1.54) is 19.3 Å². The van der Waals surface area contributed by atoms with Gasteiger partial charge in [0.2, 0.25) is 5.91 Å². The van der Waals surface area contributed by atoms with Crippen LogP contribution in [0.3, 0.4) is 0 Å². The molecule has 0 aromatic carbocycles. The molecule has 4 heteroatoms. The molecule has 0 radical (unpaired) electrons. The number of aromatic nitrogens is 2. The number of nitrogens with zero attached hydrogens (tertiary/aromatic N) is 2. The summed E-state index contributed by atoms with van der Waals surface area (Å²) < 4.78 is 1.91. The standard InChI is InChI=1S/C19H29N3O/c1-4-22-10-15(9-21-22)8-20-16(23)19-7-14-5-17(2,12-19)11-18(3,6-14)13-19/h9-10,14H,4-8,11-13H2,1-3H3,(H,20,23)/t14?,17-,18-,19?/m0/s1. The molecule has 23 heavy (non-hydrogen) atoms. The second-order valence-electron chi connectivity index (χ2n) is 9.30. The van der Waals surface area contributed by atoms with Crippen molar-refractivity contribution in [2.75, 3.05) is 0 Å². The summed E-state index contributed by atoms with van der Waals surface area (Å²) in [6.45, 7) is 8.40. The lowest BCUT2D eigenvalue weighted by Crippen LogP contribution is -2.59. The highest BCUT2D eigenvalue weighted by atomic mass is 16.2. The Morgan fingerprint density at radius 2 is 1.96 bits per heavy atom. The first-order valence-corrected chi connectivity index (χ1v) is 9.14. The number of amides is 1. The lowest BCUT2D eigenvalue weighted by molar-refractivity contribution is -0.170. The fourth-order valence-corrected chi connectivity index (χ4v) is 6.74. The molecule has 4 saturated carbocycles. The monoisotopic (exact) mass is 315 g/mol. The molecule has 1 aromatic heterocycles. The average Bonchev–Trinajstić information content (AvgIpc) is 2.88. The highest BCUT2D eigenvalue weighted by molar-refractivity contribution is 5.83. The van der Waals surface area contributed by atoms with Gasteiger partial charge in [0.25, 0.3) is 0 Å². The SMILES string of the molecule is CCn1cc(CNC(=O)C23CC4C[C@](C)(C2)C[C@](C)(C4)C3)cn1. The van der Waals surface area contributed by atoms with Crippen molar-refractivity contribution in [2.24, 2.45) is 22.2 Å². The summed E-state index contributed by atoms with van der Waals surface area (Å²) in [5.74, 6) is 1.05. The molecule has 4 bridgehead atoms. The summed E-state index contributed by atoms with van der Waals surface area (Å²) in [6.07, 6.45) is 11.2. The van der Waals surface area contributed by atoms with Crippen LogP contribution in [0, 0.1) is 22.2 Å². The molecule has 4 aliphatic rings. The van der Waals surface area contributed by atoms with Crippen molar-refractivity contribution < 1.29 is 4.79 Å². The van der Waals surface area contributed by atoms with Crippen molar-refractivity contribution in [2.45, 2.75) is 72.4 Å². The van der Waals surface area contributed by atoms with Gasteiger partial charge in [-0.05, 0) is 62.2 Å². The van der Waals surface area contributed by atoms with Gasteiger partial charge >= 0.3 is 0 Å². The number of hydrogen-bond donors (Lipinski definition) is 1.